The summed E-state index contributed by atoms with van der Waals surface area (Å²) in [5, 5.41) is 13.2. The fraction of sp³-hybridized carbons (Fsp3) is 0.280. The summed E-state index contributed by atoms with van der Waals surface area (Å²) in [6, 6.07) is 9.72. The number of ether oxygens (including phenoxy) is 2. The Hall–Kier alpha value is -4.38. The van der Waals surface area contributed by atoms with Crippen LogP contribution in [0.5, 0.6) is 5.75 Å². The van der Waals surface area contributed by atoms with Gasteiger partial charge in [-0.25, -0.2) is 4.98 Å². The predicted octanol–water partition coefficient (Wildman–Crippen LogP) is 3.79. The van der Waals surface area contributed by atoms with E-state index < -0.39 is 0 Å². The lowest BCUT2D eigenvalue weighted by molar-refractivity contribution is 0.0992. The van der Waals surface area contributed by atoms with Gasteiger partial charge in [0, 0.05) is 23.9 Å². The summed E-state index contributed by atoms with van der Waals surface area (Å²) in [6.07, 6.45) is 5.30. The van der Waals surface area contributed by atoms with E-state index in [1.54, 1.807) is 25.8 Å². The van der Waals surface area contributed by atoms with Crippen molar-refractivity contribution in [1.29, 1.82) is 0 Å². The van der Waals surface area contributed by atoms with Crippen molar-refractivity contribution < 1.29 is 14.0 Å². The molecule has 1 aliphatic rings. The van der Waals surface area contributed by atoms with Crippen molar-refractivity contribution in [2.24, 2.45) is 0 Å². The SMILES string of the molecule is COc1ccc2c(c1)-c1nnc(COCc3cccnc3)n1Cc1c(-c3noc(C(C)C)n3)ncn1-2. The fourth-order valence-corrected chi connectivity index (χ4v) is 4.22. The van der Waals surface area contributed by atoms with Gasteiger partial charge in [0.15, 0.2) is 11.6 Å². The Labute approximate surface area is 206 Å². The Balaban J connectivity index is 1.42. The maximum atomic E-state index is 5.97. The number of hydrogen-bond acceptors (Lipinski definition) is 9. The van der Waals surface area contributed by atoms with E-state index in [2.05, 4.69) is 30.3 Å². The average Bonchev–Trinajstić information content (AvgIpc) is 3.62. The van der Waals surface area contributed by atoms with Gasteiger partial charge < -0.3 is 18.6 Å². The van der Waals surface area contributed by atoms with E-state index in [0.29, 0.717) is 36.4 Å². The third-order valence-electron chi connectivity index (χ3n) is 6.08. The van der Waals surface area contributed by atoms with Gasteiger partial charge in [0.1, 0.15) is 24.4 Å². The Morgan fingerprint density at radius 1 is 1.14 bits per heavy atom. The van der Waals surface area contributed by atoms with Gasteiger partial charge >= 0.3 is 0 Å². The molecular formula is C25H24N8O3. The topological polar surface area (TPSA) is 119 Å². The van der Waals surface area contributed by atoms with Crippen molar-refractivity contribution in [3.8, 4) is 34.3 Å². The minimum atomic E-state index is 0.119. The van der Waals surface area contributed by atoms with E-state index in [1.165, 1.54) is 0 Å². The van der Waals surface area contributed by atoms with Crippen molar-refractivity contribution in [3.63, 3.8) is 0 Å². The molecule has 11 nitrogen and oxygen atoms in total. The fourth-order valence-electron chi connectivity index (χ4n) is 4.22. The molecule has 182 valence electrons. The van der Waals surface area contributed by atoms with E-state index in [-0.39, 0.29) is 12.5 Å². The number of fused-ring (bicyclic) bond motifs is 5. The second-order valence-electron chi connectivity index (χ2n) is 8.78. The van der Waals surface area contributed by atoms with Crippen LogP contribution >= 0.6 is 0 Å². The van der Waals surface area contributed by atoms with Crippen LogP contribution in [0.15, 0.2) is 53.6 Å². The first-order valence-corrected chi connectivity index (χ1v) is 11.6. The number of aromatic nitrogens is 8. The minimum absolute atomic E-state index is 0.119. The zero-order chi connectivity index (χ0) is 24.6. The second-order valence-corrected chi connectivity index (χ2v) is 8.78. The molecule has 0 radical (unpaired) electrons. The molecule has 0 atom stereocenters. The highest BCUT2D eigenvalue weighted by atomic mass is 16.5. The van der Waals surface area contributed by atoms with Crippen LogP contribution in [-0.4, -0.2) is 46.5 Å². The lowest BCUT2D eigenvalue weighted by atomic mass is 10.1. The van der Waals surface area contributed by atoms with Gasteiger partial charge in [-0.2, -0.15) is 4.98 Å². The highest BCUT2D eigenvalue weighted by Gasteiger charge is 2.28. The maximum absolute atomic E-state index is 5.97. The highest BCUT2D eigenvalue weighted by Crippen LogP contribution is 2.36. The molecule has 6 rings (SSSR count). The van der Waals surface area contributed by atoms with Gasteiger partial charge in [0.05, 0.1) is 31.6 Å². The molecule has 5 heterocycles. The number of rotatable bonds is 7. The van der Waals surface area contributed by atoms with E-state index >= 15 is 0 Å². The van der Waals surface area contributed by atoms with Gasteiger partial charge in [-0.15, -0.1) is 10.2 Å². The highest BCUT2D eigenvalue weighted by molar-refractivity contribution is 5.72. The number of benzene rings is 1. The van der Waals surface area contributed by atoms with Gasteiger partial charge in [-0.1, -0.05) is 25.1 Å². The molecule has 0 saturated heterocycles. The molecular weight excluding hydrogens is 460 g/mol. The zero-order valence-corrected chi connectivity index (χ0v) is 20.1. The molecule has 0 saturated carbocycles. The van der Waals surface area contributed by atoms with Crippen molar-refractivity contribution in [2.45, 2.75) is 39.5 Å². The van der Waals surface area contributed by atoms with Crippen molar-refractivity contribution in [2.75, 3.05) is 7.11 Å². The number of imidazole rings is 1. The van der Waals surface area contributed by atoms with E-state index in [0.717, 1.165) is 34.1 Å². The van der Waals surface area contributed by atoms with Gasteiger partial charge in [0.2, 0.25) is 11.7 Å². The quantitative estimate of drug-likeness (QED) is 0.333. The molecule has 1 aliphatic heterocycles. The summed E-state index contributed by atoms with van der Waals surface area (Å²) in [4.78, 5) is 13.4. The summed E-state index contributed by atoms with van der Waals surface area (Å²) in [5.74, 6) is 3.28. The van der Waals surface area contributed by atoms with Crippen LogP contribution in [0.3, 0.4) is 0 Å². The number of hydrogen-bond donors (Lipinski definition) is 0. The Morgan fingerprint density at radius 2 is 2.06 bits per heavy atom. The predicted molar refractivity (Wildman–Crippen MR) is 128 cm³/mol. The molecule has 0 aliphatic carbocycles. The summed E-state index contributed by atoms with van der Waals surface area (Å²) in [6.45, 7) is 5.17. The number of nitrogens with zero attached hydrogens (tertiary/aromatic N) is 8. The summed E-state index contributed by atoms with van der Waals surface area (Å²) >= 11 is 0. The van der Waals surface area contributed by atoms with E-state index in [1.807, 2.05) is 53.3 Å². The van der Waals surface area contributed by atoms with Crippen LogP contribution in [0.4, 0.5) is 0 Å². The third kappa shape index (κ3) is 3.83. The first kappa shape index (κ1) is 22.1. The molecule has 0 fully saturated rings. The van der Waals surface area contributed by atoms with Gasteiger partial charge in [0.25, 0.3) is 0 Å². The van der Waals surface area contributed by atoms with Crippen molar-refractivity contribution in [1.82, 2.24) is 39.4 Å². The normalized spacial score (nSPS) is 12.2. The standard InChI is InChI=1S/C25H24N8O3/c1-15(2)25-28-23(31-36-25)22-20-11-32-21(13-35-12-16-5-4-8-26-10-16)29-30-24(32)18-9-17(34-3)6-7-19(18)33(20)14-27-22/h4-10,14-15H,11-13H2,1-3H3. The van der Waals surface area contributed by atoms with Crippen LogP contribution in [0.1, 0.15) is 42.7 Å². The minimum Gasteiger partial charge on any atom is -0.497 e. The Bertz CT molecular complexity index is 1520. The number of pyridine rings is 1. The lowest BCUT2D eigenvalue weighted by Crippen LogP contribution is -2.10. The largest absolute Gasteiger partial charge is 0.497 e. The molecule has 0 amide bonds. The zero-order valence-electron chi connectivity index (χ0n) is 20.1. The summed E-state index contributed by atoms with van der Waals surface area (Å²) in [7, 11) is 1.64. The lowest BCUT2D eigenvalue weighted by Gasteiger charge is -2.10. The molecule has 0 spiro atoms. The van der Waals surface area contributed by atoms with E-state index in [4.69, 9.17) is 14.0 Å². The van der Waals surface area contributed by atoms with Gasteiger partial charge in [-0.05, 0) is 29.8 Å². The van der Waals surface area contributed by atoms with Crippen molar-refractivity contribution >= 4 is 0 Å². The molecule has 11 heteroatoms. The average molecular weight is 485 g/mol. The van der Waals surface area contributed by atoms with Crippen LogP contribution in [0.2, 0.25) is 0 Å². The van der Waals surface area contributed by atoms with E-state index in [9.17, 15) is 0 Å². The smallest absolute Gasteiger partial charge is 0.229 e. The molecule has 4 aromatic heterocycles. The third-order valence-corrected chi connectivity index (χ3v) is 6.08. The maximum Gasteiger partial charge on any atom is 0.229 e. The van der Waals surface area contributed by atoms with Crippen LogP contribution in [0.25, 0.3) is 28.6 Å². The van der Waals surface area contributed by atoms with Gasteiger partial charge in [-0.3, -0.25) is 9.55 Å². The van der Waals surface area contributed by atoms with Crippen molar-refractivity contribution in [3.05, 3.63) is 72.0 Å². The van der Waals surface area contributed by atoms with Crippen LogP contribution < -0.4 is 4.74 Å². The summed E-state index contributed by atoms with van der Waals surface area (Å²) < 4.78 is 21.0. The Kier molecular flexibility index (Phi) is 5.53. The molecule has 0 unspecified atom stereocenters. The second kappa shape index (κ2) is 9.00. The molecule has 36 heavy (non-hydrogen) atoms. The molecule has 1 aromatic carbocycles. The van der Waals surface area contributed by atoms with Crippen LogP contribution in [-0.2, 0) is 24.5 Å². The Morgan fingerprint density at radius 3 is 2.83 bits per heavy atom. The molecule has 5 aromatic rings. The van der Waals surface area contributed by atoms with Crippen LogP contribution in [0, 0.1) is 0 Å². The summed E-state index contributed by atoms with van der Waals surface area (Å²) in [5.41, 5.74) is 4.31. The molecule has 0 bridgehead atoms. The number of methoxy groups -OCH3 is 1. The monoisotopic (exact) mass is 484 g/mol. The first-order chi connectivity index (χ1) is 17.6. The first-order valence-electron chi connectivity index (χ1n) is 11.6. The molecule has 0 N–H and O–H groups in total.